The lowest BCUT2D eigenvalue weighted by Crippen LogP contribution is -2.23. The van der Waals surface area contributed by atoms with E-state index in [4.69, 9.17) is 0 Å². The minimum absolute atomic E-state index is 0.728. The molecule has 1 fully saturated rings. The topological polar surface area (TPSA) is 53.1 Å². The van der Waals surface area contributed by atoms with Gasteiger partial charge in [0.1, 0.15) is 17.5 Å². The molecule has 0 bridgehead atoms. The first-order chi connectivity index (χ1) is 10.1. The van der Waals surface area contributed by atoms with Crippen LogP contribution < -0.4 is 10.6 Å². The van der Waals surface area contributed by atoms with E-state index in [1.165, 1.54) is 19.5 Å². The molecule has 0 amide bonds. The van der Waals surface area contributed by atoms with Gasteiger partial charge >= 0.3 is 0 Å². The van der Waals surface area contributed by atoms with Crippen molar-refractivity contribution in [3.8, 4) is 0 Å². The van der Waals surface area contributed by atoms with Crippen molar-refractivity contribution in [1.29, 1.82) is 0 Å². The smallest absolute Gasteiger partial charge is 0.134 e. The first-order valence-corrected chi connectivity index (χ1v) is 8.19. The summed E-state index contributed by atoms with van der Waals surface area (Å²) in [4.78, 5) is 11.6. The molecule has 5 nitrogen and oxygen atoms in total. The number of likely N-dealkylation sites (tertiary alicyclic amines) is 1. The van der Waals surface area contributed by atoms with Crippen LogP contribution in [0.4, 0.5) is 11.6 Å². The fourth-order valence-corrected chi connectivity index (χ4v) is 2.82. The molecule has 1 unspecified atom stereocenters. The molecule has 118 valence electrons. The molecule has 2 heterocycles. The van der Waals surface area contributed by atoms with E-state index in [0.717, 1.165) is 55.0 Å². The first-order valence-electron chi connectivity index (χ1n) is 8.19. The van der Waals surface area contributed by atoms with Crippen LogP contribution in [0.2, 0.25) is 0 Å². The molecule has 5 heteroatoms. The van der Waals surface area contributed by atoms with Crippen LogP contribution in [0.1, 0.15) is 38.1 Å². The fraction of sp³-hybridized carbons (Fsp3) is 0.750. The van der Waals surface area contributed by atoms with Crippen LogP contribution in [-0.4, -0.2) is 47.6 Å². The number of aryl methyl sites for hydroxylation is 1. The van der Waals surface area contributed by atoms with Gasteiger partial charge in [-0.05, 0) is 45.7 Å². The number of anilines is 2. The van der Waals surface area contributed by atoms with E-state index in [0.29, 0.717) is 0 Å². The van der Waals surface area contributed by atoms with Gasteiger partial charge in [-0.1, -0.05) is 13.8 Å². The molecule has 1 saturated heterocycles. The number of nitrogens with zero attached hydrogens (tertiary/aromatic N) is 3. The Labute approximate surface area is 128 Å². The zero-order valence-electron chi connectivity index (χ0n) is 13.9. The Morgan fingerprint density at radius 2 is 1.86 bits per heavy atom. The number of nitrogens with one attached hydrogen (secondary N) is 2. The van der Waals surface area contributed by atoms with Crippen molar-refractivity contribution in [2.24, 2.45) is 5.92 Å². The molecule has 0 saturated carbocycles. The van der Waals surface area contributed by atoms with Crippen LogP contribution in [0.25, 0.3) is 0 Å². The lowest BCUT2D eigenvalue weighted by atomic mass is 10.1. The van der Waals surface area contributed by atoms with Crippen molar-refractivity contribution in [1.82, 2.24) is 14.9 Å². The zero-order chi connectivity index (χ0) is 15.2. The van der Waals surface area contributed by atoms with Gasteiger partial charge in [0.05, 0.1) is 0 Å². The van der Waals surface area contributed by atoms with Gasteiger partial charge in [-0.15, -0.1) is 0 Å². The molecule has 1 aromatic heterocycles. The van der Waals surface area contributed by atoms with Crippen LogP contribution >= 0.6 is 0 Å². The third kappa shape index (κ3) is 4.30. The highest BCUT2D eigenvalue weighted by Crippen LogP contribution is 2.22. The van der Waals surface area contributed by atoms with E-state index in [2.05, 4.69) is 46.3 Å². The number of aromatic nitrogens is 2. The minimum Gasteiger partial charge on any atom is -0.370 e. The zero-order valence-corrected chi connectivity index (χ0v) is 13.9. The van der Waals surface area contributed by atoms with Crippen molar-refractivity contribution < 1.29 is 0 Å². The summed E-state index contributed by atoms with van der Waals surface area (Å²) in [5, 5.41) is 6.93. The summed E-state index contributed by atoms with van der Waals surface area (Å²) in [5.41, 5.74) is 1.12. The third-order valence-electron chi connectivity index (χ3n) is 4.18. The summed E-state index contributed by atoms with van der Waals surface area (Å²) in [6.45, 7) is 14.0. The monoisotopic (exact) mass is 291 g/mol. The summed E-state index contributed by atoms with van der Waals surface area (Å²) < 4.78 is 0. The van der Waals surface area contributed by atoms with Gasteiger partial charge in [0.15, 0.2) is 0 Å². The molecule has 2 N–H and O–H groups in total. The van der Waals surface area contributed by atoms with Crippen LogP contribution in [0.5, 0.6) is 0 Å². The van der Waals surface area contributed by atoms with Crippen molar-refractivity contribution in [3.05, 3.63) is 11.4 Å². The quantitative estimate of drug-likeness (QED) is 0.809. The molecule has 1 atom stereocenters. The Bertz CT molecular complexity index is 460. The highest BCUT2D eigenvalue weighted by molar-refractivity contribution is 5.57. The molecular weight excluding hydrogens is 262 g/mol. The number of rotatable bonds is 7. The van der Waals surface area contributed by atoms with Gasteiger partial charge in [-0.3, -0.25) is 0 Å². The lowest BCUT2D eigenvalue weighted by molar-refractivity contribution is 0.345. The number of hydrogen-bond donors (Lipinski definition) is 2. The molecule has 0 spiro atoms. The van der Waals surface area contributed by atoms with E-state index >= 15 is 0 Å². The van der Waals surface area contributed by atoms with E-state index in [1.54, 1.807) is 0 Å². The fourth-order valence-electron chi connectivity index (χ4n) is 2.82. The number of hydrogen-bond acceptors (Lipinski definition) is 5. The first kappa shape index (κ1) is 16.0. The van der Waals surface area contributed by atoms with Crippen molar-refractivity contribution in [3.63, 3.8) is 0 Å². The molecule has 0 aromatic carbocycles. The van der Waals surface area contributed by atoms with E-state index in [1.807, 2.05) is 6.92 Å². The SMILES string of the molecule is CCCNc1nc(C)nc(NCC2CCN(CC)C2)c1C. The largest absolute Gasteiger partial charge is 0.370 e. The third-order valence-corrected chi connectivity index (χ3v) is 4.18. The molecule has 0 radical (unpaired) electrons. The Hall–Kier alpha value is -1.36. The van der Waals surface area contributed by atoms with Gasteiger partial charge in [-0.25, -0.2) is 9.97 Å². The maximum absolute atomic E-state index is 4.57. The molecule has 0 aliphatic carbocycles. The highest BCUT2D eigenvalue weighted by atomic mass is 15.2. The van der Waals surface area contributed by atoms with Gasteiger partial charge in [-0.2, -0.15) is 0 Å². The minimum atomic E-state index is 0.728. The average Bonchev–Trinajstić information content (AvgIpc) is 2.94. The summed E-state index contributed by atoms with van der Waals surface area (Å²) in [7, 11) is 0. The van der Waals surface area contributed by atoms with Crippen LogP contribution in [-0.2, 0) is 0 Å². The Balaban J connectivity index is 1.97. The van der Waals surface area contributed by atoms with Gasteiger partial charge in [0.25, 0.3) is 0 Å². The molecule has 1 aliphatic heterocycles. The summed E-state index contributed by atoms with van der Waals surface area (Å²) in [5.74, 6) is 3.50. The predicted octanol–water partition coefficient (Wildman–Crippen LogP) is 2.67. The van der Waals surface area contributed by atoms with Crippen molar-refractivity contribution in [2.45, 2.75) is 40.5 Å². The molecule has 2 rings (SSSR count). The Morgan fingerprint density at radius 3 is 2.48 bits per heavy atom. The molecule has 21 heavy (non-hydrogen) atoms. The van der Waals surface area contributed by atoms with Crippen LogP contribution in [0.3, 0.4) is 0 Å². The second-order valence-corrected chi connectivity index (χ2v) is 5.95. The average molecular weight is 291 g/mol. The van der Waals surface area contributed by atoms with Gasteiger partial charge in [0.2, 0.25) is 0 Å². The summed E-state index contributed by atoms with van der Waals surface area (Å²) in [6.07, 6.45) is 2.38. The van der Waals surface area contributed by atoms with E-state index in [-0.39, 0.29) is 0 Å². The maximum Gasteiger partial charge on any atom is 0.134 e. The normalized spacial score (nSPS) is 19.0. The molecular formula is C16H29N5. The molecule has 1 aliphatic rings. The lowest BCUT2D eigenvalue weighted by Gasteiger charge is -2.17. The highest BCUT2D eigenvalue weighted by Gasteiger charge is 2.21. The van der Waals surface area contributed by atoms with Crippen molar-refractivity contribution in [2.75, 3.05) is 43.4 Å². The van der Waals surface area contributed by atoms with Crippen LogP contribution in [0.15, 0.2) is 0 Å². The second kappa shape index (κ2) is 7.59. The second-order valence-electron chi connectivity index (χ2n) is 5.95. The van der Waals surface area contributed by atoms with Gasteiger partial charge < -0.3 is 15.5 Å². The summed E-state index contributed by atoms with van der Waals surface area (Å²) in [6, 6.07) is 0. The van der Waals surface area contributed by atoms with E-state index < -0.39 is 0 Å². The van der Waals surface area contributed by atoms with Crippen LogP contribution in [0, 0.1) is 19.8 Å². The summed E-state index contributed by atoms with van der Waals surface area (Å²) >= 11 is 0. The van der Waals surface area contributed by atoms with E-state index in [9.17, 15) is 0 Å². The predicted molar refractivity (Wildman–Crippen MR) is 89.0 cm³/mol. The standard InChI is InChI=1S/C16H29N5/c1-5-8-17-15-12(3)16(20-13(4)19-15)18-10-14-7-9-21(6-2)11-14/h14H,5-11H2,1-4H3,(H2,17,18,19,20). The molecule has 1 aromatic rings. The van der Waals surface area contributed by atoms with Gasteiger partial charge in [0, 0.05) is 25.2 Å². The maximum atomic E-state index is 4.57. The Morgan fingerprint density at radius 1 is 1.14 bits per heavy atom. The Kier molecular flexibility index (Phi) is 5.79. The van der Waals surface area contributed by atoms with Crippen molar-refractivity contribution >= 4 is 11.6 Å².